The van der Waals surface area contributed by atoms with Crippen molar-refractivity contribution in [1.82, 2.24) is 13.7 Å². The smallest absolute Gasteiger partial charge is 0.179 e. The molecule has 0 unspecified atom stereocenters. The van der Waals surface area contributed by atoms with Gasteiger partial charge >= 0.3 is 0 Å². The van der Waals surface area contributed by atoms with Crippen LogP contribution in [0.3, 0.4) is 0 Å². The van der Waals surface area contributed by atoms with Crippen molar-refractivity contribution in [1.29, 1.82) is 0 Å². The summed E-state index contributed by atoms with van der Waals surface area (Å²) >= 11 is 0. The lowest BCUT2D eigenvalue weighted by molar-refractivity contribution is 1.17. The third kappa shape index (κ3) is 6.07. The first-order valence-corrected chi connectivity index (χ1v) is 26.2. The number of aromatic nitrogens is 3. The van der Waals surface area contributed by atoms with E-state index < -0.39 is 8.07 Å². The highest BCUT2D eigenvalue weighted by molar-refractivity contribution is 7.19. The van der Waals surface area contributed by atoms with Gasteiger partial charge in [-0.05, 0) is 117 Å². The Morgan fingerprint density at radius 2 is 0.529 bits per heavy atom. The molecule has 3 aromatic heterocycles. The van der Waals surface area contributed by atoms with Gasteiger partial charge in [0.15, 0.2) is 8.07 Å². The summed E-state index contributed by atoms with van der Waals surface area (Å²) in [5, 5.41) is 12.9. The summed E-state index contributed by atoms with van der Waals surface area (Å²) in [4.78, 5) is 0. The van der Waals surface area contributed by atoms with Gasteiger partial charge in [-0.25, -0.2) is 0 Å². The molecule has 0 aliphatic rings. The molecule has 0 N–H and O–H groups in total. The van der Waals surface area contributed by atoms with E-state index in [0.29, 0.717) is 0 Å². The largest absolute Gasteiger partial charge is 0.309 e. The molecular weight excluding hydrogens is 863 g/mol. The molecule has 0 spiro atoms. The summed E-state index contributed by atoms with van der Waals surface area (Å²) in [6.07, 6.45) is 0. The fraction of sp³-hybridized carbons (Fsp3) is 0. The van der Waals surface area contributed by atoms with E-state index in [4.69, 9.17) is 0 Å². The minimum absolute atomic E-state index is 1.14. The molecule has 14 aromatic rings. The van der Waals surface area contributed by atoms with Gasteiger partial charge in [-0.15, -0.1) is 0 Å². The minimum Gasteiger partial charge on any atom is -0.309 e. The van der Waals surface area contributed by atoms with E-state index in [9.17, 15) is 0 Å². The molecule has 0 bridgehead atoms. The molecule has 0 saturated carbocycles. The van der Waals surface area contributed by atoms with Crippen molar-refractivity contribution in [3.63, 3.8) is 0 Å². The molecule has 0 aliphatic heterocycles. The molecule has 70 heavy (non-hydrogen) atoms. The second-order valence-corrected chi connectivity index (χ2v) is 22.3. The maximum Gasteiger partial charge on any atom is 0.179 e. The molecule has 328 valence electrons. The summed E-state index contributed by atoms with van der Waals surface area (Å²) in [6.45, 7) is 0. The van der Waals surface area contributed by atoms with Crippen LogP contribution in [-0.2, 0) is 0 Å². The number of nitrogens with zero attached hydrogens (tertiary/aromatic N) is 3. The molecule has 3 nitrogen and oxygen atoms in total. The van der Waals surface area contributed by atoms with Crippen LogP contribution in [0, 0.1) is 0 Å². The lowest BCUT2D eigenvalue weighted by Gasteiger charge is -2.34. The standard InChI is InChI=1S/C66H45N3Si/c1-5-20-48(21-6-1)67-61-33-16-13-30-55(61)58-42-46(36-39-64(58)67)47-37-40-65-59(43-47)56-31-14-17-34-62(56)69(65)50-38-41-66-60(45-50)57-32-15-18-35-63(57)68(66)49-22-19-29-54(44-49)70(51-23-7-2-8-24-51,52-25-9-3-10-26-52)53-27-11-4-12-28-53/h1-45H. The molecule has 4 heteroatoms. The number of fused-ring (bicyclic) bond motifs is 9. The molecule has 11 aromatic carbocycles. The highest BCUT2D eigenvalue weighted by Gasteiger charge is 2.41. The number of hydrogen-bond acceptors (Lipinski definition) is 0. The van der Waals surface area contributed by atoms with Gasteiger partial charge in [0.2, 0.25) is 0 Å². The van der Waals surface area contributed by atoms with Crippen LogP contribution in [0.4, 0.5) is 0 Å². The van der Waals surface area contributed by atoms with Gasteiger partial charge in [0, 0.05) is 49.4 Å². The van der Waals surface area contributed by atoms with E-state index in [1.54, 1.807) is 0 Å². The average molecular weight is 908 g/mol. The average Bonchev–Trinajstić information content (AvgIpc) is 4.07. The molecule has 0 atom stereocenters. The van der Waals surface area contributed by atoms with Crippen LogP contribution in [0.25, 0.3) is 93.6 Å². The van der Waals surface area contributed by atoms with Crippen molar-refractivity contribution in [2.45, 2.75) is 0 Å². The van der Waals surface area contributed by atoms with Crippen LogP contribution < -0.4 is 20.7 Å². The van der Waals surface area contributed by atoms with Crippen molar-refractivity contribution >= 4 is 94.2 Å². The molecule has 0 saturated heterocycles. The van der Waals surface area contributed by atoms with Crippen LogP contribution in [0.5, 0.6) is 0 Å². The maximum absolute atomic E-state index is 2.76. The summed E-state index contributed by atoms with van der Waals surface area (Å²) in [5.74, 6) is 0. The molecule has 0 amide bonds. The van der Waals surface area contributed by atoms with E-state index in [2.05, 4.69) is 287 Å². The Labute approximate surface area is 407 Å². The predicted octanol–water partition coefficient (Wildman–Crippen LogP) is 14.0. The predicted molar refractivity (Wildman–Crippen MR) is 299 cm³/mol. The lowest BCUT2D eigenvalue weighted by Crippen LogP contribution is -2.74. The fourth-order valence-electron chi connectivity index (χ4n) is 11.8. The second kappa shape index (κ2) is 16.1. The normalized spacial score (nSPS) is 12.0. The molecule has 0 fully saturated rings. The second-order valence-electron chi connectivity index (χ2n) is 18.5. The zero-order valence-corrected chi connectivity index (χ0v) is 39.3. The third-order valence-corrected chi connectivity index (χ3v) is 19.5. The van der Waals surface area contributed by atoms with Crippen molar-refractivity contribution in [3.8, 4) is 28.2 Å². The number of rotatable bonds is 8. The Kier molecular flexibility index (Phi) is 9.23. The van der Waals surface area contributed by atoms with Crippen molar-refractivity contribution in [2.75, 3.05) is 0 Å². The lowest BCUT2D eigenvalue weighted by atomic mass is 10.0. The monoisotopic (exact) mass is 907 g/mol. The Morgan fingerprint density at radius 3 is 1.00 bits per heavy atom. The van der Waals surface area contributed by atoms with Crippen LogP contribution in [0.1, 0.15) is 0 Å². The topological polar surface area (TPSA) is 14.8 Å². The minimum atomic E-state index is -2.76. The van der Waals surface area contributed by atoms with Gasteiger partial charge in [0.25, 0.3) is 0 Å². The van der Waals surface area contributed by atoms with Gasteiger partial charge in [0.05, 0.1) is 33.1 Å². The molecule has 0 radical (unpaired) electrons. The Balaban J connectivity index is 0.924. The van der Waals surface area contributed by atoms with Crippen molar-refractivity contribution in [3.05, 3.63) is 273 Å². The van der Waals surface area contributed by atoms with E-state index >= 15 is 0 Å². The quantitative estimate of drug-likeness (QED) is 0.107. The van der Waals surface area contributed by atoms with Gasteiger partial charge in [0.1, 0.15) is 0 Å². The van der Waals surface area contributed by atoms with Crippen molar-refractivity contribution < 1.29 is 0 Å². The summed E-state index contributed by atoms with van der Waals surface area (Å²) in [6, 6.07) is 101. The Morgan fingerprint density at radius 1 is 0.200 bits per heavy atom. The number of para-hydroxylation sites is 4. The fourth-order valence-corrected chi connectivity index (χ4v) is 16.5. The number of benzene rings is 11. The van der Waals surface area contributed by atoms with E-state index in [1.165, 1.54) is 103 Å². The van der Waals surface area contributed by atoms with E-state index in [1.807, 2.05) is 0 Å². The van der Waals surface area contributed by atoms with Crippen LogP contribution in [0.2, 0.25) is 0 Å². The van der Waals surface area contributed by atoms with Gasteiger partial charge in [-0.3, -0.25) is 0 Å². The zero-order chi connectivity index (χ0) is 46.2. The van der Waals surface area contributed by atoms with Crippen molar-refractivity contribution in [2.24, 2.45) is 0 Å². The van der Waals surface area contributed by atoms with Gasteiger partial charge in [-0.1, -0.05) is 188 Å². The Hall–Kier alpha value is -8.96. The summed E-state index contributed by atoms with van der Waals surface area (Å²) in [5.41, 5.74) is 13.0. The molecule has 0 aliphatic carbocycles. The molecular formula is C66H45N3Si. The van der Waals surface area contributed by atoms with E-state index in [0.717, 1.165) is 11.4 Å². The van der Waals surface area contributed by atoms with Crippen LogP contribution in [-0.4, -0.2) is 21.8 Å². The third-order valence-electron chi connectivity index (χ3n) is 14.8. The first-order chi connectivity index (χ1) is 34.7. The highest BCUT2D eigenvalue weighted by Crippen LogP contribution is 2.40. The van der Waals surface area contributed by atoms with E-state index in [-0.39, 0.29) is 0 Å². The molecule has 3 heterocycles. The zero-order valence-electron chi connectivity index (χ0n) is 38.3. The summed E-state index contributed by atoms with van der Waals surface area (Å²) < 4.78 is 7.31. The first-order valence-electron chi connectivity index (χ1n) is 24.2. The summed E-state index contributed by atoms with van der Waals surface area (Å²) in [7, 11) is -2.76. The van der Waals surface area contributed by atoms with Crippen LogP contribution >= 0.6 is 0 Å². The van der Waals surface area contributed by atoms with Gasteiger partial charge in [-0.2, -0.15) is 0 Å². The van der Waals surface area contributed by atoms with Gasteiger partial charge < -0.3 is 13.7 Å². The Bertz CT molecular complexity index is 4180. The van der Waals surface area contributed by atoms with Crippen LogP contribution in [0.15, 0.2) is 273 Å². The highest BCUT2D eigenvalue weighted by atomic mass is 28.3. The molecule has 14 rings (SSSR count). The first kappa shape index (κ1) is 40.1. The SMILES string of the molecule is c1ccc(-n2c3ccccc3c3cc(-c4ccc5c(c4)c4ccccc4n5-c4ccc5c(c4)c4ccccc4n5-c4cccc([Si](c5ccccc5)(c5ccccc5)c5ccccc5)c4)ccc32)cc1. The number of hydrogen-bond donors (Lipinski definition) is 0. The maximum atomic E-state index is 2.48.